The fraction of sp³-hybridized carbons (Fsp3) is 0.474. The number of pyridine rings is 1. The van der Waals surface area contributed by atoms with Gasteiger partial charge in [0.15, 0.2) is 0 Å². The highest BCUT2D eigenvalue weighted by atomic mass is 32.2. The Balaban J connectivity index is 1.51. The first-order valence-electron chi connectivity index (χ1n) is 9.03. The van der Waals surface area contributed by atoms with Crippen molar-refractivity contribution in [1.29, 1.82) is 0 Å². The van der Waals surface area contributed by atoms with Crippen molar-refractivity contribution in [2.75, 3.05) is 37.7 Å². The maximum Gasteiger partial charge on any atom is 0.256 e. The molecule has 2 aliphatic rings. The van der Waals surface area contributed by atoms with Crippen molar-refractivity contribution in [2.45, 2.75) is 19.4 Å². The Labute approximate surface area is 155 Å². The number of aromatic amines is 1. The van der Waals surface area contributed by atoms with E-state index in [2.05, 4.69) is 9.88 Å². The highest BCUT2D eigenvalue weighted by molar-refractivity contribution is 7.99. The van der Waals surface area contributed by atoms with Gasteiger partial charge in [-0.05, 0) is 23.1 Å². The van der Waals surface area contributed by atoms with Gasteiger partial charge in [-0.15, -0.1) is 0 Å². The predicted molar refractivity (Wildman–Crippen MR) is 102 cm³/mol. The Morgan fingerprint density at radius 1 is 1.19 bits per heavy atom. The molecule has 0 unspecified atom stereocenters. The number of hydrogen-bond donors (Lipinski definition) is 1. The Kier molecular flexibility index (Phi) is 5.00. The molecule has 1 amide bonds. The molecule has 3 heterocycles. The minimum absolute atomic E-state index is 0.148. The molecule has 1 aromatic carbocycles. The average Bonchev–Trinajstić information content (AvgIpc) is 2.67. The van der Waals surface area contributed by atoms with Crippen LogP contribution in [0.5, 0.6) is 0 Å². The first kappa shape index (κ1) is 17.5. The predicted octanol–water partition coefficient (Wildman–Crippen LogP) is 1.99. The number of nitrogens with zero attached hydrogens (tertiary/aromatic N) is 2. The Hall–Kier alpha value is -1.86. The molecule has 7 heteroatoms. The van der Waals surface area contributed by atoms with Crippen LogP contribution < -0.4 is 5.56 Å². The van der Waals surface area contributed by atoms with Crippen molar-refractivity contribution in [3.63, 3.8) is 0 Å². The number of nitrogens with one attached hydrogen (secondary N) is 1. The first-order valence-corrected chi connectivity index (χ1v) is 10.2. The minimum atomic E-state index is -0.425. The van der Waals surface area contributed by atoms with E-state index in [1.54, 1.807) is 6.07 Å². The van der Waals surface area contributed by atoms with Gasteiger partial charge in [-0.2, -0.15) is 11.8 Å². The van der Waals surface area contributed by atoms with Gasteiger partial charge >= 0.3 is 0 Å². The standard InChI is InChI=1S/C19H22FN3O2S/c20-13-1-2-14-15(11-13)19(25)21-17-3-6-23(12-16(14)17)18(24)4-5-22-7-9-26-10-8-22/h1-2,11H,3-10,12H2,(H,21,25). The number of carbonyl (C=O) groups excluding carboxylic acids is 1. The summed E-state index contributed by atoms with van der Waals surface area (Å²) in [5.41, 5.74) is 1.54. The van der Waals surface area contributed by atoms with E-state index >= 15 is 0 Å². The van der Waals surface area contributed by atoms with E-state index < -0.39 is 5.82 Å². The van der Waals surface area contributed by atoms with Crippen molar-refractivity contribution in [3.8, 4) is 0 Å². The minimum Gasteiger partial charge on any atom is -0.338 e. The number of hydrogen-bond acceptors (Lipinski definition) is 4. The van der Waals surface area contributed by atoms with E-state index in [4.69, 9.17) is 0 Å². The highest BCUT2D eigenvalue weighted by Gasteiger charge is 2.24. The Morgan fingerprint density at radius 3 is 2.81 bits per heavy atom. The third-order valence-corrected chi connectivity index (χ3v) is 6.20. The molecule has 26 heavy (non-hydrogen) atoms. The number of fused-ring (bicyclic) bond motifs is 3. The Bertz CT molecular complexity index is 892. The molecular weight excluding hydrogens is 353 g/mol. The van der Waals surface area contributed by atoms with Gasteiger partial charge in [-0.1, -0.05) is 6.07 Å². The molecule has 0 spiro atoms. The fourth-order valence-corrected chi connectivity index (χ4v) is 4.75. The van der Waals surface area contributed by atoms with Crippen LogP contribution in [-0.2, 0) is 17.8 Å². The molecule has 0 atom stereocenters. The van der Waals surface area contributed by atoms with E-state index in [0.29, 0.717) is 31.3 Å². The van der Waals surface area contributed by atoms with Crippen LogP contribution in [0.1, 0.15) is 17.7 Å². The second-order valence-corrected chi connectivity index (χ2v) is 8.10. The summed E-state index contributed by atoms with van der Waals surface area (Å²) in [5.74, 6) is 2.00. The van der Waals surface area contributed by atoms with E-state index in [0.717, 1.165) is 47.8 Å². The summed E-state index contributed by atoms with van der Waals surface area (Å²) in [6, 6.07) is 4.29. The van der Waals surface area contributed by atoms with Crippen LogP contribution in [0.2, 0.25) is 0 Å². The van der Waals surface area contributed by atoms with Crippen molar-refractivity contribution in [3.05, 3.63) is 45.6 Å². The summed E-state index contributed by atoms with van der Waals surface area (Å²) in [6.07, 6.45) is 1.15. The van der Waals surface area contributed by atoms with Crippen LogP contribution in [0.3, 0.4) is 0 Å². The van der Waals surface area contributed by atoms with Gasteiger partial charge in [0.2, 0.25) is 5.91 Å². The monoisotopic (exact) mass is 375 g/mol. The molecule has 5 nitrogen and oxygen atoms in total. The van der Waals surface area contributed by atoms with Gasteiger partial charge in [0.1, 0.15) is 5.82 Å². The summed E-state index contributed by atoms with van der Waals surface area (Å²) < 4.78 is 13.5. The first-order chi connectivity index (χ1) is 12.6. The zero-order valence-electron chi connectivity index (χ0n) is 14.6. The number of carbonyl (C=O) groups is 1. The summed E-state index contributed by atoms with van der Waals surface area (Å²) in [5, 5.41) is 1.10. The van der Waals surface area contributed by atoms with Crippen LogP contribution in [-0.4, -0.2) is 58.4 Å². The van der Waals surface area contributed by atoms with Crippen molar-refractivity contribution >= 4 is 28.4 Å². The molecule has 0 aliphatic carbocycles. The molecule has 1 N–H and O–H groups in total. The molecule has 0 saturated carbocycles. The van der Waals surface area contributed by atoms with E-state index in [-0.39, 0.29) is 11.5 Å². The molecule has 1 fully saturated rings. The molecule has 2 aliphatic heterocycles. The number of aromatic nitrogens is 1. The fourth-order valence-electron chi connectivity index (χ4n) is 3.77. The van der Waals surface area contributed by atoms with E-state index in [1.165, 1.54) is 12.1 Å². The van der Waals surface area contributed by atoms with Gasteiger partial charge in [-0.3, -0.25) is 9.59 Å². The zero-order chi connectivity index (χ0) is 18.1. The summed E-state index contributed by atoms with van der Waals surface area (Å²) >= 11 is 1.96. The normalized spacial score (nSPS) is 18.1. The smallest absolute Gasteiger partial charge is 0.256 e. The van der Waals surface area contributed by atoms with Crippen molar-refractivity contribution in [1.82, 2.24) is 14.8 Å². The molecule has 0 radical (unpaired) electrons. The van der Waals surface area contributed by atoms with Crippen molar-refractivity contribution < 1.29 is 9.18 Å². The average molecular weight is 375 g/mol. The maximum absolute atomic E-state index is 13.5. The lowest BCUT2D eigenvalue weighted by Crippen LogP contribution is -2.40. The maximum atomic E-state index is 13.5. The van der Waals surface area contributed by atoms with Crippen LogP contribution in [0.25, 0.3) is 10.8 Å². The number of amides is 1. The third kappa shape index (κ3) is 3.50. The van der Waals surface area contributed by atoms with Crippen LogP contribution in [0, 0.1) is 5.82 Å². The van der Waals surface area contributed by atoms with Gasteiger partial charge in [-0.25, -0.2) is 4.39 Å². The summed E-state index contributed by atoms with van der Waals surface area (Å²) in [7, 11) is 0. The lowest BCUT2D eigenvalue weighted by Gasteiger charge is -2.31. The molecule has 2 aromatic rings. The number of rotatable bonds is 3. The third-order valence-electron chi connectivity index (χ3n) is 5.26. The molecule has 4 rings (SSSR count). The lowest BCUT2D eigenvalue weighted by molar-refractivity contribution is -0.132. The molecular formula is C19H22FN3O2S. The van der Waals surface area contributed by atoms with E-state index in [9.17, 15) is 14.0 Å². The van der Waals surface area contributed by atoms with Crippen LogP contribution in [0.15, 0.2) is 23.0 Å². The van der Waals surface area contributed by atoms with Gasteiger partial charge in [0, 0.05) is 62.8 Å². The van der Waals surface area contributed by atoms with Crippen molar-refractivity contribution in [2.24, 2.45) is 0 Å². The molecule has 1 saturated heterocycles. The summed E-state index contributed by atoms with van der Waals surface area (Å²) in [4.78, 5) is 31.9. The van der Waals surface area contributed by atoms with Gasteiger partial charge in [0.05, 0.1) is 5.39 Å². The SMILES string of the molecule is O=C(CCN1CCSCC1)N1CCc2[nH]c(=O)c3cc(F)ccc3c2C1. The zero-order valence-corrected chi connectivity index (χ0v) is 15.4. The Morgan fingerprint density at radius 2 is 2.00 bits per heavy atom. The molecule has 0 bridgehead atoms. The number of H-pyrrole nitrogens is 1. The van der Waals surface area contributed by atoms with Crippen LogP contribution in [0.4, 0.5) is 4.39 Å². The number of thioether (sulfide) groups is 1. The largest absolute Gasteiger partial charge is 0.338 e. The quantitative estimate of drug-likeness (QED) is 0.892. The number of benzene rings is 1. The highest BCUT2D eigenvalue weighted by Crippen LogP contribution is 2.25. The molecule has 138 valence electrons. The van der Waals surface area contributed by atoms with Gasteiger partial charge in [0.25, 0.3) is 5.56 Å². The number of halogens is 1. The second-order valence-electron chi connectivity index (χ2n) is 6.87. The van der Waals surface area contributed by atoms with Crippen LogP contribution >= 0.6 is 11.8 Å². The lowest BCUT2D eigenvalue weighted by atomic mass is 9.98. The van der Waals surface area contributed by atoms with E-state index in [1.807, 2.05) is 16.7 Å². The summed E-state index contributed by atoms with van der Waals surface area (Å²) in [6.45, 7) is 4.00. The second kappa shape index (κ2) is 7.40. The van der Waals surface area contributed by atoms with Gasteiger partial charge < -0.3 is 14.8 Å². The molecule has 1 aromatic heterocycles. The topological polar surface area (TPSA) is 56.4 Å².